The van der Waals surface area contributed by atoms with Gasteiger partial charge in [0.1, 0.15) is 16.3 Å². The molecule has 0 saturated carbocycles. The molecule has 3 N–H and O–H groups in total. The summed E-state index contributed by atoms with van der Waals surface area (Å²) in [5.74, 6) is -0.730. The first-order valence-corrected chi connectivity index (χ1v) is 11.7. The first-order chi connectivity index (χ1) is 16.3. The van der Waals surface area contributed by atoms with E-state index in [4.69, 9.17) is 4.74 Å². The van der Waals surface area contributed by atoms with Crippen LogP contribution in [0.4, 0.5) is 5.69 Å². The molecule has 0 aliphatic carbocycles. The van der Waals surface area contributed by atoms with Gasteiger partial charge in [-0.25, -0.2) is 4.98 Å². The molecule has 9 heteroatoms. The van der Waals surface area contributed by atoms with Crippen LogP contribution in [0.5, 0.6) is 0 Å². The Morgan fingerprint density at radius 3 is 2.79 bits per heavy atom. The molecule has 0 atom stereocenters. The maximum atomic E-state index is 13.0. The van der Waals surface area contributed by atoms with Gasteiger partial charge in [0.05, 0.1) is 23.8 Å². The molecule has 172 valence electrons. The molecular formula is C25H23N5O3S. The molecule has 5 rings (SSSR count). The van der Waals surface area contributed by atoms with E-state index in [-0.39, 0.29) is 24.0 Å². The maximum Gasteiger partial charge on any atom is 0.313 e. The number of benzene rings is 2. The number of fused-ring (bicyclic) bond motifs is 2. The van der Waals surface area contributed by atoms with Gasteiger partial charge in [-0.15, -0.1) is 11.3 Å². The van der Waals surface area contributed by atoms with Crippen molar-refractivity contribution < 1.29 is 14.3 Å². The van der Waals surface area contributed by atoms with Crippen LogP contribution in [0.15, 0.2) is 54.2 Å². The van der Waals surface area contributed by atoms with Crippen LogP contribution in [-0.4, -0.2) is 37.6 Å². The molecule has 0 unspecified atom stereocenters. The molecule has 2 aromatic carbocycles. The zero-order valence-corrected chi connectivity index (χ0v) is 19.7. The number of hydrogen-bond donors (Lipinski definition) is 3. The van der Waals surface area contributed by atoms with Crippen molar-refractivity contribution in [3.63, 3.8) is 0 Å². The van der Waals surface area contributed by atoms with Crippen molar-refractivity contribution in [1.82, 2.24) is 20.2 Å². The van der Waals surface area contributed by atoms with Gasteiger partial charge in [0.15, 0.2) is 0 Å². The average molecular weight is 474 g/mol. The molecule has 0 spiro atoms. The number of anilines is 1. The van der Waals surface area contributed by atoms with Crippen molar-refractivity contribution in [3.05, 3.63) is 64.9 Å². The second kappa shape index (κ2) is 8.42. The van der Waals surface area contributed by atoms with E-state index >= 15 is 0 Å². The number of thiazole rings is 1. The van der Waals surface area contributed by atoms with Crippen molar-refractivity contribution >= 4 is 50.7 Å². The zero-order chi connectivity index (χ0) is 23.9. The molecule has 8 nitrogen and oxygen atoms in total. The molecule has 0 bridgehead atoms. The highest BCUT2D eigenvalue weighted by Crippen LogP contribution is 2.34. The Kier molecular flexibility index (Phi) is 5.41. The van der Waals surface area contributed by atoms with Gasteiger partial charge < -0.3 is 15.0 Å². The third kappa shape index (κ3) is 4.42. The summed E-state index contributed by atoms with van der Waals surface area (Å²) in [5, 5.41) is 14.2. The number of esters is 1. The first kappa shape index (κ1) is 21.8. The summed E-state index contributed by atoms with van der Waals surface area (Å²) in [6.45, 7) is 5.44. The summed E-state index contributed by atoms with van der Waals surface area (Å²) in [7, 11) is 0. The summed E-state index contributed by atoms with van der Waals surface area (Å²) >= 11 is 1.26. The number of hydrogen-bond acceptors (Lipinski definition) is 6. The normalized spacial score (nSPS) is 11.7. The van der Waals surface area contributed by atoms with E-state index < -0.39 is 5.60 Å². The van der Waals surface area contributed by atoms with Gasteiger partial charge >= 0.3 is 5.97 Å². The van der Waals surface area contributed by atoms with E-state index in [9.17, 15) is 9.59 Å². The molecule has 0 aliphatic heterocycles. The number of amides is 1. The van der Waals surface area contributed by atoms with Crippen LogP contribution in [0.25, 0.3) is 32.9 Å². The van der Waals surface area contributed by atoms with Gasteiger partial charge in [0.2, 0.25) is 0 Å². The highest BCUT2D eigenvalue weighted by atomic mass is 32.1. The minimum atomic E-state index is -0.569. The monoisotopic (exact) mass is 473 g/mol. The van der Waals surface area contributed by atoms with E-state index in [1.54, 1.807) is 11.6 Å². The molecule has 1 amide bonds. The number of aromatic nitrogens is 4. The van der Waals surface area contributed by atoms with E-state index in [0.717, 1.165) is 32.9 Å². The number of carbonyl (C=O) groups excluding carboxylic acids is 2. The van der Waals surface area contributed by atoms with E-state index in [2.05, 4.69) is 25.5 Å². The summed E-state index contributed by atoms with van der Waals surface area (Å²) in [4.78, 5) is 32.7. The van der Waals surface area contributed by atoms with Crippen molar-refractivity contribution in [2.75, 3.05) is 5.32 Å². The Balaban J connectivity index is 1.42. The van der Waals surface area contributed by atoms with Gasteiger partial charge in [-0.1, -0.05) is 12.1 Å². The summed E-state index contributed by atoms with van der Waals surface area (Å²) < 4.78 is 5.34. The highest BCUT2D eigenvalue weighted by Gasteiger charge is 2.20. The molecule has 0 fully saturated rings. The van der Waals surface area contributed by atoms with Gasteiger partial charge in [-0.2, -0.15) is 5.10 Å². The molecule has 3 heterocycles. The zero-order valence-electron chi connectivity index (χ0n) is 18.9. The Morgan fingerprint density at radius 1 is 1.12 bits per heavy atom. The van der Waals surface area contributed by atoms with Gasteiger partial charge in [0, 0.05) is 27.9 Å². The van der Waals surface area contributed by atoms with E-state index in [0.29, 0.717) is 10.7 Å². The lowest BCUT2D eigenvalue weighted by Crippen LogP contribution is -2.24. The second-order valence-electron chi connectivity index (χ2n) is 8.94. The minimum absolute atomic E-state index is 0.0251. The van der Waals surface area contributed by atoms with Crippen LogP contribution in [0, 0.1) is 0 Å². The maximum absolute atomic E-state index is 13.0. The molecule has 0 radical (unpaired) electrons. The second-order valence-corrected chi connectivity index (χ2v) is 9.89. The molecule has 34 heavy (non-hydrogen) atoms. The number of rotatable bonds is 5. The summed E-state index contributed by atoms with van der Waals surface area (Å²) in [5.41, 5.74) is 4.14. The fraction of sp³-hybridized carbons (Fsp3) is 0.200. The number of carbonyl (C=O) groups is 2. The van der Waals surface area contributed by atoms with Crippen LogP contribution in [0.3, 0.4) is 0 Å². The third-order valence-electron chi connectivity index (χ3n) is 5.21. The lowest BCUT2D eigenvalue weighted by molar-refractivity contribution is -0.153. The average Bonchev–Trinajstić information content (AvgIpc) is 3.52. The predicted molar refractivity (Wildman–Crippen MR) is 133 cm³/mol. The Morgan fingerprint density at radius 2 is 1.97 bits per heavy atom. The van der Waals surface area contributed by atoms with E-state index in [1.807, 2.05) is 63.4 Å². The smallest absolute Gasteiger partial charge is 0.313 e. The van der Waals surface area contributed by atoms with Crippen molar-refractivity contribution in [2.24, 2.45) is 0 Å². The standard InChI is InChI=1S/C25H23N5O3S/c1-25(2,3)33-23(31)11-22-28-21(13-34-22)24(32)29-19-9-14(10-20-17(19)12-27-30-20)15-5-4-6-18-16(15)7-8-26-18/h4-10,12-13,26H,11H2,1-3H3,(H,27,30)(H,29,32). The predicted octanol–water partition coefficient (Wildman–Crippen LogP) is 5.30. The molecule has 5 aromatic rings. The van der Waals surface area contributed by atoms with Gasteiger partial charge in [0.25, 0.3) is 5.91 Å². The van der Waals surface area contributed by atoms with Crippen LogP contribution >= 0.6 is 11.3 Å². The van der Waals surface area contributed by atoms with Crippen molar-refractivity contribution in [1.29, 1.82) is 0 Å². The molecule has 3 aromatic heterocycles. The molecule has 0 aliphatic rings. The minimum Gasteiger partial charge on any atom is -0.460 e. The summed E-state index contributed by atoms with van der Waals surface area (Å²) in [6.07, 6.45) is 3.61. The largest absolute Gasteiger partial charge is 0.460 e. The lowest BCUT2D eigenvalue weighted by Gasteiger charge is -2.18. The number of nitrogens with one attached hydrogen (secondary N) is 3. The molecule has 0 saturated heterocycles. The van der Waals surface area contributed by atoms with Crippen LogP contribution in [0.2, 0.25) is 0 Å². The number of H-pyrrole nitrogens is 2. The molecular weight excluding hydrogens is 450 g/mol. The first-order valence-electron chi connectivity index (χ1n) is 10.8. The lowest BCUT2D eigenvalue weighted by atomic mass is 9.99. The van der Waals surface area contributed by atoms with Crippen LogP contribution < -0.4 is 5.32 Å². The highest BCUT2D eigenvalue weighted by molar-refractivity contribution is 7.10. The van der Waals surface area contributed by atoms with Gasteiger partial charge in [-0.05, 0) is 56.2 Å². The fourth-order valence-corrected chi connectivity index (χ4v) is 4.59. The number of aromatic amines is 2. The quantitative estimate of drug-likeness (QED) is 0.300. The van der Waals surface area contributed by atoms with Gasteiger partial charge in [-0.3, -0.25) is 14.7 Å². The van der Waals surface area contributed by atoms with Crippen molar-refractivity contribution in [3.8, 4) is 11.1 Å². The summed E-state index contributed by atoms with van der Waals surface area (Å²) in [6, 6.07) is 12.0. The van der Waals surface area contributed by atoms with Crippen molar-refractivity contribution in [2.45, 2.75) is 32.8 Å². The Hall–Kier alpha value is -3.98. The SMILES string of the molecule is CC(C)(C)OC(=O)Cc1nc(C(=O)Nc2cc(-c3cccc4[nH]ccc34)cc3[nH]ncc23)cs1. The Labute approximate surface area is 199 Å². The fourth-order valence-electron chi connectivity index (χ4n) is 3.83. The Bertz CT molecular complexity index is 1520. The van der Waals surface area contributed by atoms with E-state index in [1.165, 1.54) is 11.3 Å². The van der Waals surface area contributed by atoms with Crippen LogP contribution in [-0.2, 0) is 16.0 Å². The number of ether oxygens (including phenoxy) is 1. The topological polar surface area (TPSA) is 113 Å². The third-order valence-corrected chi connectivity index (χ3v) is 6.06. The van der Waals surface area contributed by atoms with Crippen LogP contribution in [0.1, 0.15) is 36.3 Å². The number of nitrogens with zero attached hydrogens (tertiary/aromatic N) is 2.